The maximum atomic E-state index is 12.7. The topological polar surface area (TPSA) is 75.3 Å². The van der Waals surface area contributed by atoms with E-state index in [0.29, 0.717) is 12.1 Å². The summed E-state index contributed by atoms with van der Waals surface area (Å²) < 4.78 is 12.7. The number of anilines is 2. The van der Waals surface area contributed by atoms with E-state index in [1.165, 1.54) is 12.1 Å². The van der Waals surface area contributed by atoms with E-state index in [1.54, 1.807) is 0 Å². The molecule has 4 N–H and O–H groups in total. The second-order valence-corrected chi connectivity index (χ2v) is 3.11. The molecule has 0 aromatic heterocycles. The quantitative estimate of drug-likeness (QED) is 0.654. The molecule has 0 heterocycles. The Hall–Kier alpha value is -1.62. The van der Waals surface area contributed by atoms with E-state index >= 15 is 0 Å². The number of amides is 1. The molecule has 0 aliphatic carbocycles. The van der Waals surface area contributed by atoms with Crippen molar-refractivity contribution in [2.45, 2.75) is 12.8 Å². The summed E-state index contributed by atoms with van der Waals surface area (Å²) in [6.45, 7) is -0.0354. The number of nitrogens with one attached hydrogen (secondary N) is 1. The van der Waals surface area contributed by atoms with Gasteiger partial charge in [-0.05, 0) is 24.6 Å². The minimum Gasteiger partial charge on any atom is -0.397 e. The van der Waals surface area contributed by atoms with E-state index in [1.807, 2.05) is 0 Å². The molecule has 0 radical (unpaired) electrons. The molecule has 5 heteroatoms. The zero-order valence-electron chi connectivity index (χ0n) is 8.16. The maximum absolute atomic E-state index is 12.7. The summed E-state index contributed by atoms with van der Waals surface area (Å²) in [5.74, 6) is -0.691. The SMILES string of the molecule is Nc1cc(F)ccc1NC(=O)CCCO. The summed E-state index contributed by atoms with van der Waals surface area (Å²) in [6, 6.07) is 3.77. The van der Waals surface area contributed by atoms with Crippen LogP contribution in [0.25, 0.3) is 0 Å². The van der Waals surface area contributed by atoms with Gasteiger partial charge in [-0.2, -0.15) is 0 Å². The van der Waals surface area contributed by atoms with E-state index in [0.717, 1.165) is 6.07 Å². The minimum absolute atomic E-state index is 0.0354. The fourth-order valence-corrected chi connectivity index (χ4v) is 1.10. The number of carbonyl (C=O) groups excluding carboxylic acids is 1. The highest BCUT2D eigenvalue weighted by Gasteiger charge is 2.05. The van der Waals surface area contributed by atoms with Crippen LogP contribution in [-0.4, -0.2) is 17.6 Å². The van der Waals surface area contributed by atoms with Crippen LogP contribution in [0, 0.1) is 5.82 Å². The maximum Gasteiger partial charge on any atom is 0.224 e. The van der Waals surface area contributed by atoms with Crippen LogP contribution in [0.5, 0.6) is 0 Å². The lowest BCUT2D eigenvalue weighted by Crippen LogP contribution is -2.13. The average Bonchev–Trinajstić information content (AvgIpc) is 2.19. The number of carbonyl (C=O) groups is 1. The van der Waals surface area contributed by atoms with Crippen molar-refractivity contribution in [3.8, 4) is 0 Å². The zero-order valence-corrected chi connectivity index (χ0v) is 8.16. The second kappa shape index (κ2) is 5.31. The Bertz CT molecular complexity index is 355. The number of aliphatic hydroxyl groups excluding tert-OH is 1. The van der Waals surface area contributed by atoms with E-state index in [4.69, 9.17) is 10.8 Å². The third-order valence-corrected chi connectivity index (χ3v) is 1.85. The lowest BCUT2D eigenvalue weighted by molar-refractivity contribution is -0.116. The molecule has 0 fully saturated rings. The first-order valence-corrected chi connectivity index (χ1v) is 4.59. The third kappa shape index (κ3) is 3.55. The first-order chi connectivity index (χ1) is 7.13. The molecule has 1 aromatic carbocycles. The van der Waals surface area contributed by atoms with Crippen molar-refractivity contribution >= 4 is 17.3 Å². The Morgan fingerprint density at radius 1 is 1.53 bits per heavy atom. The smallest absolute Gasteiger partial charge is 0.224 e. The predicted molar refractivity (Wildman–Crippen MR) is 55.8 cm³/mol. The van der Waals surface area contributed by atoms with Gasteiger partial charge in [0.25, 0.3) is 0 Å². The molecule has 1 aromatic rings. The van der Waals surface area contributed by atoms with E-state index in [2.05, 4.69) is 5.32 Å². The van der Waals surface area contributed by atoms with Crippen LogP contribution in [0.1, 0.15) is 12.8 Å². The highest BCUT2D eigenvalue weighted by molar-refractivity contribution is 5.93. The molecule has 1 amide bonds. The molecule has 0 saturated heterocycles. The minimum atomic E-state index is -0.444. The van der Waals surface area contributed by atoms with Gasteiger partial charge in [-0.25, -0.2) is 4.39 Å². The van der Waals surface area contributed by atoms with Gasteiger partial charge in [0.05, 0.1) is 11.4 Å². The van der Waals surface area contributed by atoms with Gasteiger partial charge < -0.3 is 16.2 Å². The van der Waals surface area contributed by atoms with E-state index in [9.17, 15) is 9.18 Å². The average molecular weight is 212 g/mol. The molecule has 4 nitrogen and oxygen atoms in total. The Balaban J connectivity index is 2.60. The molecule has 0 aliphatic rings. The molecular formula is C10H13FN2O2. The van der Waals surface area contributed by atoms with Crippen molar-refractivity contribution in [1.29, 1.82) is 0 Å². The van der Waals surface area contributed by atoms with Crippen LogP contribution in [0.2, 0.25) is 0 Å². The van der Waals surface area contributed by atoms with Gasteiger partial charge in [0.1, 0.15) is 5.82 Å². The molecule has 82 valence electrons. The van der Waals surface area contributed by atoms with Crippen molar-refractivity contribution in [3.05, 3.63) is 24.0 Å². The summed E-state index contributed by atoms with van der Waals surface area (Å²) in [5, 5.41) is 11.0. The summed E-state index contributed by atoms with van der Waals surface area (Å²) in [6.07, 6.45) is 0.611. The van der Waals surface area contributed by atoms with Gasteiger partial charge in [0.15, 0.2) is 0 Å². The van der Waals surface area contributed by atoms with Crippen molar-refractivity contribution < 1.29 is 14.3 Å². The predicted octanol–water partition coefficient (Wildman–Crippen LogP) is 1.12. The summed E-state index contributed by atoms with van der Waals surface area (Å²) in [7, 11) is 0. The largest absolute Gasteiger partial charge is 0.397 e. The Morgan fingerprint density at radius 3 is 2.87 bits per heavy atom. The van der Waals surface area contributed by atoms with Gasteiger partial charge >= 0.3 is 0 Å². The number of rotatable bonds is 4. The molecule has 0 bridgehead atoms. The third-order valence-electron chi connectivity index (χ3n) is 1.85. The normalized spacial score (nSPS) is 10.0. The highest BCUT2D eigenvalue weighted by Crippen LogP contribution is 2.19. The number of aliphatic hydroxyl groups is 1. The van der Waals surface area contributed by atoms with Crippen LogP contribution >= 0.6 is 0 Å². The monoisotopic (exact) mass is 212 g/mol. The fourth-order valence-electron chi connectivity index (χ4n) is 1.10. The van der Waals surface area contributed by atoms with Gasteiger partial charge in [-0.1, -0.05) is 0 Å². The molecular weight excluding hydrogens is 199 g/mol. The lowest BCUT2D eigenvalue weighted by Gasteiger charge is -2.07. The van der Waals surface area contributed by atoms with Crippen LogP contribution in [0.15, 0.2) is 18.2 Å². The number of halogens is 1. The standard InChI is InChI=1S/C10H13FN2O2/c11-7-3-4-9(8(12)6-7)13-10(15)2-1-5-14/h3-4,6,14H,1-2,5,12H2,(H,13,15). The van der Waals surface area contributed by atoms with Gasteiger partial charge in [0, 0.05) is 13.0 Å². The fraction of sp³-hybridized carbons (Fsp3) is 0.300. The first-order valence-electron chi connectivity index (χ1n) is 4.59. The van der Waals surface area contributed by atoms with Gasteiger partial charge in [-0.3, -0.25) is 4.79 Å². The number of hydrogen-bond acceptors (Lipinski definition) is 3. The number of nitrogens with two attached hydrogens (primary N) is 1. The highest BCUT2D eigenvalue weighted by atomic mass is 19.1. The molecule has 0 atom stereocenters. The number of nitrogen functional groups attached to an aromatic ring is 1. The van der Waals surface area contributed by atoms with Gasteiger partial charge in [-0.15, -0.1) is 0 Å². The summed E-state index contributed by atoms with van der Waals surface area (Å²) in [5.41, 5.74) is 6.07. The van der Waals surface area contributed by atoms with Crippen molar-refractivity contribution in [1.82, 2.24) is 0 Å². The van der Waals surface area contributed by atoms with E-state index < -0.39 is 5.82 Å². The zero-order chi connectivity index (χ0) is 11.3. The molecule has 0 spiro atoms. The lowest BCUT2D eigenvalue weighted by atomic mass is 10.2. The number of hydrogen-bond donors (Lipinski definition) is 3. The summed E-state index contributed by atoms with van der Waals surface area (Å²) >= 11 is 0. The van der Waals surface area contributed by atoms with Crippen molar-refractivity contribution in [3.63, 3.8) is 0 Å². The summed E-state index contributed by atoms with van der Waals surface area (Å²) in [4.78, 5) is 11.2. The van der Waals surface area contributed by atoms with Crippen LogP contribution < -0.4 is 11.1 Å². The molecule has 0 aliphatic heterocycles. The molecule has 15 heavy (non-hydrogen) atoms. The number of benzene rings is 1. The molecule has 1 rings (SSSR count). The Kier molecular flexibility index (Phi) is 4.05. The van der Waals surface area contributed by atoms with E-state index in [-0.39, 0.29) is 24.6 Å². The van der Waals surface area contributed by atoms with Crippen molar-refractivity contribution in [2.24, 2.45) is 0 Å². The van der Waals surface area contributed by atoms with Crippen LogP contribution in [0.4, 0.5) is 15.8 Å². The molecule has 0 unspecified atom stereocenters. The Labute approximate surface area is 86.9 Å². The van der Waals surface area contributed by atoms with Crippen molar-refractivity contribution in [2.75, 3.05) is 17.7 Å². The molecule has 0 saturated carbocycles. The first kappa shape index (κ1) is 11.5. The second-order valence-electron chi connectivity index (χ2n) is 3.11. The van der Waals surface area contributed by atoms with Crippen LogP contribution in [-0.2, 0) is 4.79 Å². The van der Waals surface area contributed by atoms with Gasteiger partial charge in [0.2, 0.25) is 5.91 Å². The Morgan fingerprint density at radius 2 is 2.27 bits per heavy atom. The van der Waals surface area contributed by atoms with Crippen LogP contribution in [0.3, 0.4) is 0 Å².